The lowest BCUT2D eigenvalue weighted by Gasteiger charge is -2.30. The van der Waals surface area contributed by atoms with E-state index in [0.717, 1.165) is 4.90 Å². The summed E-state index contributed by atoms with van der Waals surface area (Å²) in [6, 6.07) is 9.36. The third-order valence-electron chi connectivity index (χ3n) is 7.21. The highest BCUT2D eigenvalue weighted by atomic mass is 16.6. The molecule has 3 amide bonds. The molecule has 5 rings (SSSR count). The van der Waals surface area contributed by atoms with Crippen LogP contribution in [0.2, 0.25) is 0 Å². The van der Waals surface area contributed by atoms with E-state index in [1.54, 1.807) is 31.2 Å². The third kappa shape index (κ3) is 2.68. The Bertz CT molecular complexity index is 1270. The van der Waals surface area contributed by atoms with Crippen molar-refractivity contribution in [1.29, 1.82) is 0 Å². The van der Waals surface area contributed by atoms with Gasteiger partial charge in [0.25, 0.3) is 0 Å². The number of methoxy groups -OCH3 is 1. The summed E-state index contributed by atoms with van der Waals surface area (Å²) >= 11 is 0. The first-order chi connectivity index (χ1) is 16.1. The van der Waals surface area contributed by atoms with Crippen LogP contribution in [0.5, 0.6) is 5.75 Å². The molecule has 0 unspecified atom stereocenters. The number of rotatable bonds is 4. The highest BCUT2D eigenvalue weighted by molar-refractivity contribution is 6.26. The van der Waals surface area contributed by atoms with E-state index in [0.29, 0.717) is 16.8 Å². The minimum Gasteiger partial charge on any atom is -0.490 e. The van der Waals surface area contributed by atoms with Gasteiger partial charge in [0.1, 0.15) is 5.54 Å². The lowest BCUT2D eigenvalue weighted by molar-refractivity contribution is -0.385. The molecule has 10 nitrogen and oxygen atoms in total. The zero-order chi connectivity index (χ0) is 24.5. The summed E-state index contributed by atoms with van der Waals surface area (Å²) in [7, 11) is 1.29. The molecule has 0 aliphatic carbocycles. The van der Waals surface area contributed by atoms with Crippen molar-refractivity contribution >= 4 is 34.8 Å². The quantitative estimate of drug-likeness (QED) is 0.404. The number of benzene rings is 2. The van der Waals surface area contributed by atoms with Gasteiger partial charge in [0.05, 0.1) is 29.6 Å². The normalized spacial score (nSPS) is 27.4. The summed E-state index contributed by atoms with van der Waals surface area (Å²) in [6.07, 6.45) is 0. The Morgan fingerprint density at radius 3 is 2.50 bits per heavy atom. The number of ether oxygens (including phenoxy) is 1. The van der Waals surface area contributed by atoms with Gasteiger partial charge in [-0.1, -0.05) is 32.0 Å². The number of amides is 3. The molecule has 2 aromatic carbocycles. The Kier molecular flexibility index (Phi) is 4.77. The molecule has 34 heavy (non-hydrogen) atoms. The Morgan fingerprint density at radius 2 is 1.85 bits per heavy atom. The number of nitro benzene ring substituents is 1. The highest BCUT2D eigenvalue weighted by Gasteiger charge is 2.71. The Morgan fingerprint density at radius 1 is 1.15 bits per heavy atom. The van der Waals surface area contributed by atoms with E-state index in [1.165, 1.54) is 19.2 Å². The van der Waals surface area contributed by atoms with Crippen molar-refractivity contribution in [2.24, 2.45) is 17.8 Å². The summed E-state index contributed by atoms with van der Waals surface area (Å²) in [4.78, 5) is 53.1. The van der Waals surface area contributed by atoms with Crippen LogP contribution in [0.1, 0.15) is 25.0 Å². The van der Waals surface area contributed by atoms with Crippen LogP contribution < -0.4 is 20.3 Å². The standard InChI is InChI=1S/C24H24N4O6/c1-11(2)20-18-19(24(26-20)13-7-5-6-8-14(13)25-23(24)31)22(30)27(21(18)29)15-10-17(34-4)16(28(32)33)9-12(15)3/h5-11,18-20,26H,1-4H3,(H,25,31)/t18-,19-,20+,24+/m0/s1. The van der Waals surface area contributed by atoms with Crippen LogP contribution in [0.25, 0.3) is 0 Å². The van der Waals surface area contributed by atoms with Gasteiger partial charge in [0.2, 0.25) is 17.7 Å². The predicted octanol–water partition coefficient (Wildman–Crippen LogP) is 2.49. The van der Waals surface area contributed by atoms with Gasteiger partial charge in [-0.05, 0) is 24.5 Å². The first-order valence-corrected chi connectivity index (χ1v) is 11.0. The van der Waals surface area contributed by atoms with Crippen molar-refractivity contribution in [2.45, 2.75) is 32.4 Å². The highest BCUT2D eigenvalue weighted by Crippen LogP contribution is 2.55. The molecule has 0 bridgehead atoms. The van der Waals surface area contributed by atoms with Crippen molar-refractivity contribution < 1.29 is 24.0 Å². The van der Waals surface area contributed by atoms with Crippen LogP contribution >= 0.6 is 0 Å². The number of hydrogen-bond acceptors (Lipinski definition) is 7. The van der Waals surface area contributed by atoms with Crippen molar-refractivity contribution in [3.05, 3.63) is 57.6 Å². The van der Waals surface area contributed by atoms with Crippen LogP contribution in [0.3, 0.4) is 0 Å². The van der Waals surface area contributed by atoms with Crippen LogP contribution in [0, 0.1) is 34.8 Å². The second kappa shape index (κ2) is 7.36. The van der Waals surface area contributed by atoms with Crippen molar-refractivity contribution in [2.75, 3.05) is 17.3 Å². The summed E-state index contributed by atoms with van der Waals surface area (Å²) in [6.45, 7) is 5.47. The smallest absolute Gasteiger partial charge is 0.311 e. The van der Waals surface area contributed by atoms with Crippen LogP contribution in [-0.4, -0.2) is 35.8 Å². The summed E-state index contributed by atoms with van der Waals surface area (Å²) in [5.41, 5.74) is 0.209. The van der Waals surface area contributed by atoms with E-state index in [4.69, 9.17) is 4.74 Å². The number of para-hydroxylation sites is 1. The van der Waals surface area contributed by atoms with E-state index >= 15 is 0 Å². The average molecular weight is 464 g/mol. The number of carbonyl (C=O) groups excluding carboxylic acids is 3. The van der Waals surface area contributed by atoms with E-state index in [9.17, 15) is 24.5 Å². The number of hydrogen-bond donors (Lipinski definition) is 2. The molecule has 2 N–H and O–H groups in total. The fourth-order valence-corrected chi connectivity index (χ4v) is 5.71. The number of carbonyl (C=O) groups is 3. The van der Waals surface area contributed by atoms with Crippen molar-refractivity contribution in [3.63, 3.8) is 0 Å². The van der Waals surface area contributed by atoms with Gasteiger partial charge >= 0.3 is 5.69 Å². The van der Waals surface area contributed by atoms with Crippen LogP contribution in [0.15, 0.2) is 36.4 Å². The molecule has 4 atom stereocenters. The summed E-state index contributed by atoms with van der Waals surface area (Å²) in [5.74, 6) is -3.16. The number of nitrogens with zero attached hydrogens (tertiary/aromatic N) is 2. The molecule has 3 aliphatic heterocycles. The van der Waals surface area contributed by atoms with E-state index in [-0.39, 0.29) is 28.9 Å². The number of fused-ring (bicyclic) bond motifs is 4. The fourth-order valence-electron chi connectivity index (χ4n) is 5.71. The minimum absolute atomic E-state index is 0.0448. The van der Waals surface area contributed by atoms with Gasteiger partial charge < -0.3 is 10.1 Å². The van der Waals surface area contributed by atoms with Crippen molar-refractivity contribution in [1.82, 2.24) is 5.32 Å². The fraction of sp³-hybridized carbons (Fsp3) is 0.375. The number of anilines is 2. The zero-order valence-electron chi connectivity index (χ0n) is 19.1. The van der Waals surface area contributed by atoms with Crippen molar-refractivity contribution in [3.8, 4) is 5.75 Å². The van der Waals surface area contributed by atoms with Gasteiger partial charge in [-0.25, -0.2) is 4.90 Å². The summed E-state index contributed by atoms with van der Waals surface area (Å²) < 4.78 is 5.18. The number of nitrogens with one attached hydrogen (secondary N) is 2. The zero-order valence-corrected chi connectivity index (χ0v) is 19.1. The molecule has 2 saturated heterocycles. The monoisotopic (exact) mass is 464 g/mol. The Hall–Kier alpha value is -3.79. The Labute approximate surface area is 195 Å². The molecule has 3 aliphatic rings. The maximum Gasteiger partial charge on any atom is 0.311 e. The first-order valence-electron chi connectivity index (χ1n) is 11.0. The van der Waals surface area contributed by atoms with Gasteiger partial charge in [0, 0.05) is 29.4 Å². The van der Waals surface area contributed by atoms with Crippen LogP contribution in [-0.2, 0) is 19.9 Å². The third-order valence-corrected chi connectivity index (χ3v) is 7.21. The number of aryl methyl sites for hydroxylation is 1. The van der Waals surface area contributed by atoms with Gasteiger partial charge in [0.15, 0.2) is 5.75 Å². The summed E-state index contributed by atoms with van der Waals surface area (Å²) in [5, 5.41) is 17.7. The van der Waals surface area contributed by atoms with Gasteiger partial charge in [-0.3, -0.25) is 29.8 Å². The lowest BCUT2D eigenvalue weighted by atomic mass is 9.76. The van der Waals surface area contributed by atoms with Gasteiger partial charge in [-0.15, -0.1) is 0 Å². The molecule has 0 saturated carbocycles. The van der Waals surface area contributed by atoms with E-state index in [2.05, 4.69) is 10.6 Å². The van der Waals surface area contributed by atoms with Gasteiger partial charge in [-0.2, -0.15) is 0 Å². The second-order valence-corrected chi connectivity index (χ2v) is 9.30. The molecule has 0 radical (unpaired) electrons. The number of imide groups is 1. The molecular weight excluding hydrogens is 440 g/mol. The molecule has 0 aromatic heterocycles. The molecule has 1 spiro atoms. The number of nitro groups is 1. The van der Waals surface area contributed by atoms with Crippen LogP contribution in [0.4, 0.5) is 17.1 Å². The topological polar surface area (TPSA) is 131 Å². The molecule has 2 aromatic rings. The maximum atomic E-state index is 14.0. The molecular formula is C24H24N4O6. The average Bonchev–Trinajstić information content (AvgIpc) is 3.39. The second-order valence-electron chi connectivity index (χ2n) is 9.30. The Balaban J connectivity index is 1.68. The molecule has 10 heteroatoms. The largest absolute Gasteiger partial charge is 0.490 e. The molecule has 3 heterocycles. The SMILES string of the molecule is COc1cc(N2C(=O)[C@@H]3[C@@H](C(C)C)N[C@@]4(C(=O)Nc5ccccc54)[C@@H]3C2=O)c(C)cc1[N+](=O)[O-]. The maximum absolute atomic E-state index is 14.0. The minimum atomic E-state index is -1.38. The lowest BCUT2D eigenvalue weighted by Crippen LogP contribution is -2.54. The molecule has 176 valence electrons. The first kappa shape index (κ1) is 22.0. The predicted molar refractivity (Wildman–Crippen MR) is 122 cm³/mol. The molecule has 2 fully saturated rings. The van der Waals surface area contributed by atoms with E-state index < -0.39 is 40.2 Å². The van der Waals surface area contributed by atoms with E-state index in [1.807, 2.05) is 13.8 Å².